The molecule has 25 heavy (non-hydrogen) atoms. The molecule has 1 atom stereocenters. The second-order valence-electron chi connectivity index (χ2n) is 5.77. The Kier molecular flexibility index (Phi) is 5.86. The van der Waals surface area contributed by atoms with Crippen LogP contribution in [0.25, 0.3) is 0 Å². The first-order valence-corrected chi connectivity index (χ1v) is 8.46. The van der Waals surface area contributed by atoms with Crippen LogP contribution in [0.4, 0.5) is 0 Å². The summed E-state index contributed by atoms with van der Waals surface area (Å²) < 4.78 is 11.2. The maximum atomic E-state index is 11.7. The second kappa shape index (κ2) is 8.29. The lowest BCUT2D eigenvalue weighted by Gasteiger charge is -2.31. The molecule has 1 unspecified atom stereocenters. The highest BCUT2D eigenvalue weighted by Crippen LogP contribution is 2.22. The number of aromatic nitrogens is 1. The molecule has 1 aliphatic heterocycles. The lowest BCUT2D eigenvalue weighted by Crippen LogP contribution is -2.48. The fraction of sp³-hybridized carbons (Fsp3) is 0.333. The van der Waals surface area contributed by atoms with Crippen molar-refractivity contribution in [3.05, 3.63) is 53.2 Å². The van der Waals surface area contributed by atoms with E-state index in [-0.39, 0.29) is 5.91 Å². The summed E-state index contributed by atoms with van der Waals surface area (Å²) in [6, 6.07) is 10.9. The predicted molar refractivity (Wildman–Crippen MR) is 94.8 cm³/mol. The van der Waals surface area contributed by atoms with E-state index in [1.807, 2.05) is 12.1 Å². The third-order valence-electron chi connectivity index (χ3n) is 3.93. The standard InChI is InChI=1S/C18H20ClN3O3/c1-20-18(23)16-12-22(8-9-24-16)11-13-2-7-17(21-10-13)25-15-5-3-14(19)4-6-15/h2-7,10,16H,8-9,11-12H2,1H3,(H,20,23). The van der Waals surface area contributed by atoms with Crippen molar-refractivity contribution >= 4 is 17.5 Å². The normalized spacial score (nSPS) is 17.9. The summed E-state index contributed by atoms with van der Waals surface area (Å²) in [6.07, 6.45) is 1.37. The van der Waals surface area contributed by atoms with Gasteiger partial charge in [0.15, 0.2) is 0 Å². The maximum absolute atomic E-state index is 11.7. The Labute approximate surface area is 151 Å². The number of carbonyl (C=O) groups is 1. The molecule has 1 fully saturated rings. The van der Waals surface area contributed by atoms with Gasteiger partial charge in [-0.15, -0.1) is 0 Å². The summed E-state index contributed by atoms with van der Waals surface area (Å²) in [5, 5.41) is 3.29. The molecule has 1 amide bonds. The summed E-state index contributed by atoms with van der Waals surface area (Å²) in [6.45, 7) is 2.62. The van der Waals surface area contributed by atoms with E-state index in [1.165, 1.54) is 0 Å². The lowest BCUT2D eigenvalue weighted by molar-refractivity contribution is -0.138. The van der Waals surface area contributed by atoms with E-state index in [0.717, 1.165) is 12.1 Å². The van der Waals surface area contributed by atoms with Gasteiger partial charge in [0.1, 0.15) is 11.9 Å². The van der Waals surface area contributed by atoms with Crippen LogP contribution in [-0.4, -0.2) is 48.6 Å². The van der Waals surface area contributed by atoms with Gasteiger partial charge < -0.3 is 14.8 Å². The number of benzene rings is 1. The first kappa shape index (κ1) is 17.7. The molecule has 0 saturated carbocycles. The van der Waals surface area contributed by atoms with Gasteiger partial charge in [-0.3, -0.25) is 9.69 Å². The average Bonchev–Trinajstić information content (AvgIpc) is 2.65. The quantitative estimate of drug-likeness (QED) is 0.886. The van der Waals surface area contributed by atoms with Crippen molar-refractivity contribution in [3.8, 4) is 11.6 Å². The Bertz CT molecular complexity index is 707. The van der Waals surface area contributed by atoms with Crippen molar-refractivity contribution < 1.29 is 14.3 Å². The molecule has 3 rings (SSSR count). The topological polar surface area (TPSA) is 63.7 Å². The fourth-order valence-corrected chi connectivity index (χ4v) is 2.74. The van der Waals surface area contributed by atoms with Crippen LogP contribution in [0.15, 0.2) is 42.6 Å². The molecular formula is C18H20ClN3O3. The van der Waals surface area contributed by atoms with Gasteiger partial charge in [-0.2, -0.15) is 0 Å². The van der Waals surface area contributed by atoms with Crippen molar-refractivity contribution in [2.45, 2.75) is 12.6 Å². The van der Waals surface area contributed by atoms with Gasteiger partial charge in [-0.1, -0.05) is 17.7 Å². The van der Waals surface area contributed by atoms with E-state index < -0.39 is 6.10 Å². The molecule has 0 bridgehead atoms. The summed E-state index contributed by atoms with van der Waals surface area (Å²) in [5.74, 6) is 1.12. The number of hydrogen-bond acceptors (Lipinski definition) is 5. The van der Waals surface area contributed by atoms with E-state index in [2.05, 4.69) is 15.2 Å². The number of hydrogen-bond donors (Lipinski definition) is 1. The number of carbonyl (C=O) groups excluding carboxylic acids is 1. The average molecular weight is 362 g/mol. The number of nitrogens with zero attached hydrogens (tertiary/aromatic N) is 2. The molecule has 1 aliphatic rings. The molecule has 7 heteroatoms. The number of nitrogens with one attached hydrogen (secondary N) is 1. The van der Waals surface area contributed by atoms with Crippen molar-refractivity contribution in [3.63, 3.8) is 0 Å². The molecule has 2 heterocycles. The first-order valence-electron chi connectivity index (χ1n) is 8.08. The molecule has 0 spiro atoms. The van der Waals surface area contributed by atoms with Crippen LogP contribution in [0.1, 0.15) is 5.56 Å². The lowest BCUT2D eigenvalue weighted by atomic mass is 10.2. The van der Waals surface area contributed by atoms with Crippen LogP contribution >= 0.6 is 11.6 Å². The van der Waals surface area contributed by atoms with Gasteiger partial charge in [-0.25, -0.2) is 4.98 Å². The zero-order valence-electron chi connectivity index (χ0n) is 13.9. The van der Waals surface area contributed by atoms with E-state index in [0.29, 0.717) is 36.3 Å². The highest BCUT2D eigenvalue weighted by molar-refractivity contribution is 6.30. The van der Waals surface area contributed by atoms with Crippen molar-refractivity contribution in [2.75, 3.05) is 26.7 Å². The second-order valence-corrected chi connectivity index (χ2v) is 6.21. The van der Waals surface area contributed by atoms with Crippen LogP contribution in [-0.2, 0) is 16.1 Å². The number of likely N-dealkylation sites (N-methyl/N-ethyl adjacent to an activating group) is 1. The van der Waals surface area contributed by atoms with Crippen molar-refractivity contribution in [2.24, 2.45) is 0 Å². The molecular weight excluding hydrogens is 342 g/mol. The first-order chi connectivity index (χ1) is 12.1. The fourth-order valence-electron chi connectivity index (χ4n) is 2.61. The maximum Gasteiger partial charge on any atom is 0.250 e. The molecule has 0 aliphatic carbocycles. The molecule has 1 N–H and O–H groups in total. The SMILES string of the molecule is CNC(=O)C1CN(Cc2ccc(Oc3ccc(Cl)cc3)nc2)CCO1. The number of amides is 1. The molecule has 6 nitrogen and oxygen atoms in total. The van der Waals surface area contributed by atoms with E-state index in [4.69, 9.17) is 21.1 Å². The van der Waals surface area contributed by atoms with Gasteiger partial charge in [0.25, 0.3) is 0 Å². The highest BCUT2D eigenvalue weighted by atomic mass is 35.5. The predicted octanol–water partition coefficient (Wildman–Crippen LogP) is 2.47. The molecule has 0 radical (unpaired) electrons. The summed E-state index contributed by atoms with van der Waals surface area (Å²) >= 11 is 5.86. The van der Waals surface area contributed by atoms with Gasteiger partial charge in [0, 0.05) is 44.0 Å². The van der Waals surface area contributed by atoms with Crippen LogP contribution in [0.3, 0.4) is 0 Å². The Hall–Kier alpha value is -2.15. The van der Waals surface area contributed by atoms with Gasteiger partial charge in [-0.05, 0) is 29.8 Å². The minimum atomic E-state index is -0.417. The van der Waals surface area contributed by atoms with Gasteiger partial charge in [0.2, 0.25) is 11.8 Å². The van der Waals surface area contributed by atoms with Crippen LogP contribution in [0.2, 0.25) is 5.02 Å². The smallest absolute Gasteiger partial charge is 0.250 e. The zero-order chi connectivity index (χ0) is 17.6. The molecule has 1 aromatic heterocycles. The summed E-state index contributed by atoms with van der Waals surface area (Å²) in [4.78, 5) is 18.2. The van der Waals surface area contributed by atoms with E-state index >= 15 is 0 Å². The Morgan fingerprint density at radius 2 is 2.16 bits per heavy atom. The van der Waals surface area contributed by atoms with Crippen LogP contribution < -0.4 is 10.1 Å². The van der Waals surface area contributed by atoms with Gasteiger partial charge >= 0.3 is 0 Å². The van der Waals surface area contributed by atoms with E-state index in [1.54, 1.807) is 37.5 Å². The zero-order valence-corrected chi connectivity index (χ0v) is 14.7. The Morgan fingerprint density at radius 3 is 2.84 bits per heavy atom. The van der Waals surface area contributed by atoms with Crippen LogP contribution in [0, 0.1) is 0 Å². The van der Waals surface area contributed by atoms with Gasteiger partial charge in [0.05, 0.1) is 6.61 Å². The third-order valence-corrected chi connectivity index (χ3v) is 4.18. The highest BCUT2D eigenvalue weighted by Gasteiger charge is 2.25. The molecule has 2 aromatic rings. The number of rotatable bonds is 5. The van der Waals surface area contributed by atoms with Crippen molar-refractivity contribution in [1.29, 1.82) is 0 Å². The monoisotopic (exact) mass is 361 g/mol. The summed E-state index contributed by atoms with van der Waals surface area (Å²) in [5.41, 5.74) is 1.06. The Morgan fingerprint density at radius 1 is 1.36 bits per heavy atom. The Balaban J connectivity index is 1.57. The largest absolute Gasteiger partial charge is 0.439 e. The van der Waals surface area contributed by atoms with E-state index in [9.17, 15) is 4.79 Å². The summed E-state index contributed by atoms with van der Waals surface area (Å²) in [7, 11) is 1.62. The number of morpholine rings is 1. The number of halogens is 1. The molecule has 1 aromatic carbocycles. The third kappa shape index (κ3) is 4.92. The number of ether oxygens (including phenoxy) is 2. The van der Waals surface area contributed by atoms with Crippen LogP contribution in [0.5, 0.6) is 11.6 Å². The minimum absolute atomic E-state index is 0.0884. The minimum Gasteiger partial charge on any atom is -0.439 e. The van der Waals surface area contributed by atoms with Crippen molar-refractivity contribution in [1.82, 2.24) is 15.2 Å². The molecule has 132 valence electrons. The molecule has 1 saturated heterocycles. The number of pyridine rings is 1.